The number of benzene rings is 1. The van der Waals surface area contributed by atoms with E-state index >= 15 is 0 Å². The second-order valence-corrected chi connectivity index (χ2v) is 3.92. The van der Waals surface area contributed by atoms with Crippen molar-refractivity contribution < 1.29 is 15.0 Å². The van der Waals surface area contributed by atoms with Crippen LogP contribution in [0.3, 0.4) is 0 Å². The maximum absolute atomic E-state index is 11.7. The molecule has 0 saturated carbocycles. The number of aromatic hydroxyl groups is 2. The van der Waals surface area contributed by atoms with Crippen LogP contribution in [0.15, 0.2) is 35.0 Å². The van der Waals surface area contributed by atoms with Crippen molar-refractivity contribution in [3.8, 4) is 11.5 Å². The van der Waals surface area contributed by atoms with Gasteiger partial charge < -0.3 is 15.5 Å². The highest BCUT2D eigenvalue weighted by Crippen LogP contribution is 2.28. The Balaban J connectivity index is 2.24. The molecule has 4 nitrogen and oxygen atoms in total. The first kappa shape index (κ1) is 10.5. The minimum atomic E-state index is -0.452. The van der Waals surface area contributed by atoms with Crippen molar-refractivity contribution in [1.29, 1.82) is 0 Å². The smallest absolute Gasteiger partial charge is 0.259 e. The van der Waals surface area contributed by atoms with Crippen molar-refractivity contribution >= 4 is 22.9 Å². The summed E-state index contributed by atoms with van der Waals surface area (Å²) in [5.74, 6) is -1.17. The van der Waals surface area contributed by atoms with Gasteiger partial charge in [0.25, 0.3) is 5.91 Å². The molecule has 3 N–H and O–H groups in total. The van der Waals surface area contributed by atoms with Crippen molar-refractivity contribution in [3.05, 3.63) is 40.6 Å². The van der Waals surface area contributed by atoms with Crippen LogP contribution in [0.5, 0.6) is 11.5 Å². The third-order valence-corrected chi connectivity index (χ3v) is 2.72. The lowest BCUT2D eigenvalue weighted by Crippen LogP contribution is -2.11. The molecule has 0 spiro atoms. The van der Waals surface area contributed by atoms with E-state index in [0.29, 0.717) is 5.69 Å². The average molecular weight is 235 g/mol. The predicted octanol–water partition coefficient (Wildman–Crippen LogP) is 2.41. The molecule has 0 aliphatic rings. The minimum absolute atomic E-state index is 0.0474. The molecule has 0 fully saturated rings. The Bertz CT molecular complexity index is 508. The number of thiophene rings is 1. The Kier molecular flexibility index (Phi) is 2.78. The van der Waals surface area contributed by atoms with Crippen LogP contribution in [0.1, 0.15) is 10.4 Å². The number of para-hydroxylation sites is 1. The molecular weight excluding hydrogens is 226 g/mol. The first-order chi connectivity index (χ1) is 7.68. The van der Waals surface area contributed by atoms with E-state index in [9.17, 15) is 15.0 Å². The van der Waals surface area contributed by atoms with Gasteiger partial charge in [0.05, 0.1) is 11.3 Å². The monoisotopic (exact) mass is 235 g/mol. The zero-order chi connectivity index (χ0) is 11.5. The zero-order valence-corrected chi connectivity index (χ0v) is 8.99. The maximum atomic E-state index is 11.7. The molecule has 1 aromatic heterocycles. The van der Waals surface area contributed by atoms with Crippen LogP contribution in [0.2, 0.25) is 0 Å². The lowest BCUT2D eigenvalue weighted by molar-refractivity contribution is 0.102. The maximum Gasteiger partial charge on any atom is 0.259 e. The number of anilines is 1. The first-order valence-electron chi connectivity index (χ1n) is 4.53. The lowest BCUT2D eigenvalue weighted by Gasteiger charge is -2.05. The van der Waals surface area contributed by atoms with E-state index in [2.05, 4.69) is 5.32 Å². The third-order valence-electron chi connectivity index (χ3n) is 2.04. The molecule has 1 heterocycles. The number of phenolic OH excluding ortho intramolecular Hbond substituents is 2. The second-order valence-electron chi connectivity index (χ2n) is 3.14. The third kappa shape index (κ3) is 1.99. The molecule has 16 heavy (non-hydrogen) atoms. The molecule has 1 amide bonds. The molecule has 2 rings (SSSR count). The summed E-state index contributed by atoms with van der Waals surface area (Å²) >= 11 is 1.46. The van der Waals surface area contributed by atoms with E-state index in [1.165, 1.54) is 29.5 Å². The number of carbonyl (C=O) groups is 1. The van der Waals surface area contributed by atoms with E-state index in [1.807, 2.05) is 5.38 Å². The van der Waals surface area contributed by atoms with E-state index in [-0.39, 0.29) is 11.3 Å². The Labute approximate surface area is 95.8 Å². The number of hydrogen-bond acceptors (Lipinski definition) is 4. The summed E-state index contributed by atoms with van der Waals surface area (Å²) in [6.07, 6.45) is 0. The van der Waals surface area contributed by atoms with Gasteiger partial charge in [0.2, 0.25) is 0 Å². The fraction of sp³-hybridized carbons (Fsp3) is 0. The van der Waals surface area contributed by atoms with Crippen molar-refractivity contribution in [2.45, 2.75) is 0 Å². The van der Waals surface area contributed by atoms with Gasteiger partial charge in [-0.3, -0.25) is 4.79 Å². The van der Waals surface area contributed by atoms with Gasteiger partial charge in [0, 0.05) is 5.38 Å². The van der Waals surface area contributed by atoms with E-state index in [0.717, 1.165) is 0 Å². The summed E-state index contributed by atoms with van der Waals surface area (Å²) in [5, 5.41) is 24.9. The van der Waals surface area contributed by atoms with Gasteiger partial charge in [-0.15, -0.1) is 0 Å². The van der Waals surface area contributed by atoms with Crippen molar-refractivity contribution in [2.75, 3.05) is 5.32 Å². The molecule has 1 aromatic carbocycles. The fourth-order valence-corrected chi connectivity index (χ4v) is 1.84. The first-order valence-corrected chi connectivity index (χ1v) is 5.47. The van der Waals surface area contributed by atoms with Crippen LogP contribution < -0.4 is 5.32 Å². The van der Waals surface area contributed by atoms with Gasteiger partial charge in [-0.25, -0.2) is 0 Å². The van der Waals surface area contributed by atoms with Crippen molar-refractivity contribution in [2.24, 2.45) is 0 Å². The topological polar surface area (TPSA) is 69.6 Å². The highest BCUT2D eigenvalue weighted by Gasteiger charge is 2.13. The molecule has 0 aliphatic heterocycles. The quantitative estimate of drug-likeness (QED) is 0.700. The van der Waals surface area contributed by atoms with Crippen LogP contribution in [-0.4, -0.2) is 16.1 Å². The summed E-state index contributed by atoms with van der Waals surface area (Å²) in [7, 11) is 0. The highest BCUT2D eigenvalue weighted by molar-refractivity contribution is 7.08. The van der Waals surface area contributed by atoms with Crippen molar-refractivity contribution in [3.63, 3.8) is 0 Å². The highest BCUT2D eigenvalue weighted by atomic mass is 32.1. The largest absolute Gasteiger partial charge is 0.504 e. The Morgan fingerprint density at radius 2 is 2.06 bits per heavy atom. The van der Waals surface area contributed by atoms with Crippen LogP contribution in [0, 0.1) is 0 Å². The molecule has 2 aromatic rings. The average Bonchev–Trinajstić information content (AvgIpc) is 2.74. The van der Waals surface area contributed by atoms with Crippen LogP contribution >= 0.6 is 11.3 Å². The Morgan fingerprint density at radius 3 is 2.75 bits per heavy atom. The normalized spacial score (nSPS) is 10.0. The SMILES string of the molecule is O=C(Nc1ccsc1)c1cccc(O)c1O. The van der Waals surface area contributed by atoms with Crippen molar-refractivity contribution in [1.82, 2.24) is 0 Å². The number of phenols is 2. The van der Waals surface area contributed by atoms with E-state index < -0.39 is 11.7 Å². The Morgan fingerprint density at radius 1 is 1.25 bits per heavy atom. The number of hydrogen-bond donors (Lipinski definition) is 3. The minimum Gasteiger partial charge on any atom is -0.504 e. The zero-order valence-electron chi connectivity index (χ0n) is 8.18. The van der Waals surface area contributed by atoms with E-state index in [4.69, 9.17) is 0 Å². The molecule has 0 saturated heterocycles. The number of carbonyl (C=O) groups excluding carboxylic acids is 1. The molecule has 0 radical (unpaired) electrons. The van der Waals surface area contributed by atoms with Gasteiger partial charge in [-0.1, -0.05) is 6.07 Å². The number of rotatable bonds is 2. The Hall–Kier alpha value is -2.01. The van der Waals surface area contributed by atoms with Crippen LogP contribution in [-0.2, 0) is 0 Å². The molecule has 0 aliphatic carbocycles. The summed E-state index contributed by atoms with van der Waals surface area (Å²) in [6.45, 7) is 0. The molecule has 0 bridgehead atoms. The number of nitrogens with one attached hydrogen (secondary N) is 1. The van der Waals surface area contributed by atoms with Gasteiger partial charge >= 0.3 is 0 Å². The second kappa shape index (κ2) is 4.24. The van der Waals surface area contributed by atoms with Gasteiger partial charge in [-0.2, -0.15) is 11.3 Å². The van der Waals surface area contributed by atoms with Gasteiger partial charge in [-0.05, 0) is 23.6 Å². The summed E-state index contributed by atoms with van der Waals surface area (Å²) in [5.41, 5.74) is 0.712. The molecule has 0 unspecified atom stereocenters. The molecular formula is C11H9NO3S. The molecule has 82 valence electrons. The van der Waals surface area contributed by atoms with Gasteiger partial charge in [0.15, 0.2) is 11.5 Å². The molecule has 0 atom stereocenters. The number of amides is 1. The summed E-state index contributed by atoms with van der Waals surface area (Å²) < 4.78 is 0. The standard InChI is InChI=1S/C11H9NO3S/c13-9-3-1-2-8(10(9)14)11(15)12-7-4-5-16-6-7/h1-6,13-14H,(H,12,15). The van der Waals surface area contributed by atoms with E-state index in [1.54, 1.807) is 11.4 Å². The van der Waals surface area contributed by atoms with Crippen LogP contribution in [0.4, 0.5) is 5.69 Å². The summed E-state index contributed by atoms with van der Waals surface area (Å²) in [4.78, 5) is 11.7. The van der Waals surface area contributed by atoms with Crippen LogP contribution in [0.25, 0.3) is 0 Å². The lowest BCUT2D eigenvalue weighted by atomic mass is 10.1. The summed E-state index contributed by atoms with van der Waals surface area (Å²) in [6, 6.07) is 6.01. The van der Waals surface area contributed by atoms with Gasteiger partial charge in [0.1, 0.15) is 0 Å². The molecule has 5 heteroatoms. The fourth-order valence-electron chi connectivity index (χ4n) is 1.25. The predicted molar refractivity (Wildman–Crippen MR) is 62.0 cm³/mol.